The molecule has 0 unspecified atom stereocenters. The molecule has 3 nitrogen and oxygen atoms in total. The van der Waals surface area contributed by atoms with Gasteiger partial charge in [0.15, 0.2) is 0 Å². The van der Waals surface area contributed by atoms with Crippen molar-refractivity contribution < 1.29 is 9.90 Å². The summed E-state index contributed by atoms with van der Waals surface area (Å²) < 4.78 is 0. The van der Waals surface area contributed by atoms with Crippen molar-refractivity contribution in [2.75, 3.05) is 13.1 Å². The molecule has 106 valence electrons. The highest BCUT2D eigenvalue weighted by Crippen LogP contribution is 2.33. The third-order valence-corrected chi connectivity index (χ3v) is 4.49. The summed E-state index contributed by atoms with van der Waals surface area (Å²) in [5, 5.41) is 12.5. The van der Waals surface area contributed by atoms with E-state index in [0.717, 1.165) is 43.5 Å². The van der Waals surface area contributed by atoms with Crippen LogP contribution in [0.4, 0.5) is 0 Å². The Morgan fingerprint density at radius 2 is 1.95 bits per heavy atom. The second-order valence-corrected chi connectivity index (χ2v) is 5.80. The van der Waals surface area contributed by atoms with Crippen LogP contribution >= 0.6 is 0 Å². The van der Waals surface area contributed by atoms with Crippen molar-refractivity contribution in [3.8, 4) is 0 Å². The number of fused-ring (bicyclic) bond motifs is 1. The van der Waals surface area contributed by atoms with E-state index in [1.807, 2.05) is 0 Å². The summed E-state index contributed by atoms with van der Waals surface area (Å²) in [5.41, 5.74) is 4.97. The van der Waals surface area contributed by atoms with Crippen molar-refractivity contribution in [2.45, 2.75) is 32.1 Å². The molecule has 20 heavy (non-hydrogen) atoms. The molecule has 0 saturated carbocycles. The molecular formula is C17H21NO2. The molecule has 1 aliphatic carbocycles. The zero-order valence-corrected chi connectivity index (χ0v) is 11.7. The SMILES string of the molecule is O=C(O)/C=C(/c1ccc2c(c1)CCC2)C1CCNCC1. The van der Waals surface area contributed by atoms with E-state index >= 15 is 0 Å². The summed E-state index contributed by atoms with van der Waals surface area (Å²) >= 11 is 0. The van der Waals surface area contributed by atoms with Crippen molar-refractivity contribution >= 4 is 11.5 Å². The minimum atomic E-state index is -0.834. The molecule has 0 radical (unpaired) electrons. The van der Waals surface area contributed by atoms with Gasteiger partial charge < -0.3 is 10.4 Å². The molecule has 0 bridgehead atoms. The van der Waals surface area contributed by atoms with E-state index in [9.17, 15) is 9.90 Å². The first-order valence-corrected chi connectivity index (χ1v) is 7.51. The van der Waals surface area contributed by atoms with Gasteiger partial charge >= 0.3 is 5.97 Å². The minimum Gasteiger partial charge on any atom is -0.478 e. The monoisotopic (exact) mass is 271 g/mol. The number of benzene rings is 1. The van der Waals surface area contributed by atoms with Gasteiger partial charge in [0.1, 0.15) is 0 Å². The van der Waals surface area contributed by atoms with Crippen molar-refractivity contribution in [3.05, 3.63) is 41.0 Å². The lowest BCUT2D eigenvalue weighted by Crippen LogP contribution is -2.28. The topological polar surface area (TPSA) is 49.3 Å². The Morgan fingerprint density at radius 3 is 2.70 bits per heavy atom. The van der Waals surface area contributed by atoms with Crippen molar-refractivity contribution in [1.82, 2.24) is 5.32 Å². The van der Waals surface area contributed by atoms with E-state index in [0.29, 0.717) is 5.92 Å². The summed E-state index contributed by atoms with van der Waals surface area (Å²) in [6.07, 6.45) is 7.00. The summed E-state index contributed by atoms with van der Waals surface area (Å²) in [7, 11) is 0. The lowest BCUT2D eigenvalue weighted by atomic mass is 9.84. The average Bonchev–Trinajstić information content (AvgIpc) is 2.93. The Hall–Kier alpha value is -1.61. The third kappa shape index (κ3) is 2.78. The van der Waals surface area contributed by atoms with Crippen LogP contribution in [0.5, 0.6) is 0 Å². The summed E-state index contributed by atoms with van der Waals surface area (Å²) in [5.74, 6) is -0.467. The van der Waals surface area contributed by atoms with Crippen LogP contribution in [0.25, 0.3) is 5.57 Å². The van der Waals surface area contributed by atoms with Gasteiger partial charge in [-0.2, -0.15) is 0 Å². The molecule has 3 heteroatoms. The second-order valence-electron chi connectivity index (χ2n) is 5.80. The summed E-state index contributed by atoms with van der Waals surface area (Å²) in [6, 6.07) is 6.52. The van der Waals surface area contributed by atoms with Gasteiger partial charge in [-0.05, 0) is 73.4 Å². The number of aliphatic carboxylic acids is 1. The molecule has 2 aliphatic rings. The maximum Gasteiger partial charge on any atom is 0.328 e. The number of nitrogens with one attached hydrogen (secondary N) is 1. The average molecular weight is 271 g/mol. The molecule has 1 aromatic carbocycles. The van der Waals surface area contributed by atoms with Crippen LogP contribution in [0.2, 0.25) is 0 Å². The maximum atomic E-state index is 11.2. The van der Waals surface area contributed by atoms with Gasteiger partial charge in [-0.25, -0.2) is 4.79 Å². The number of piperidine rings is 1. The molecule has 1 aromatic rings. The molecule has 1 heterocycles. The molecule has 1 saturated heterocycles. The van der Waals surface area contributed by atoms with Crippen LogP contribution in [0, 0.1) is 5.92 Å². The molecule has 0 atom stereocenters. The van der Waals surface area contributed by atoms with Crippen LogP contribution in [-0.2, 0) is 17.6 Å². The zero-order chi connectivity index (χ0) is 13.9. The quantitative estimate of drug-likeness (QED) is 0.831. The van der Waals surface area contributed by atoms with Crippen molar-refractivity contribution in [3.63, 3.8) is 0 Å². The van der Waals surface area contributed by atoms with E-state index in [-0.39, 0.29) is 0 Å². The van der Waals surface area contributed by atoms with Crippen LogP contribution in [0.3, 0.4) is 0 Å². The summed E-state index contributed by atoms with van der Waals surface area (Å²) in [4.78, 5) is 11.2. The van der Waals surface area contributed by atoms with Gasteiger partial charge in [-0.1, -0.05) is 18.2 Å². The highest BCUT2D eigenvalue weighted by molar-refractivity contribution is 5.90. The maximum absolute atomic E-state index is 11.2. The van der Waals surface area contributed by atoms with E-state index < -0.39 is 5.97 Å². The molecule has 1 aliphatic heterocycles. The minimum absolute atomic E-state index is 0.367. The normalized spacial score (nSPS) is 19.9. The third-order valence-electron chi connectivity index (χ3n) is 4.49. The molecular weight excluding hydrogens is 250 g/mol. The molecule has 2 N–H and O–H groups in total. The fourth-order valence-corrected chi connectivity index (χ4v) is 3.45. The molecule has 0 spiro atoms. The number of rotatable bonds is 3. The van der Waals surface area contributed by atoms with E-state index in [1.54, 1.807) is 0 Å². The van der Waals surface area contributed by atoms with Gasteiger partial charge in [-0.15, -0.1) is 0 Å². The number of hydrogen-bond donors (Lipinski definition) is 2. The van der Waals surface area contributed by atoms with Crippen LogP contribution < -0.4 is 5.32 Å². The standard InChI is InChI=1S/C17H21NO2/c19-17(20)11-16(13-6-8-18-9-7-13)15-5-4-12-2-1-3-14(12)10-15/h4-5,10-11,13,18H,1-3,6-9H2,(H,19,20)/b16-11+. The first-order chi connectivity index (χ1) is 9.74. The Bertz CT molecular complexity index is 542. The Morgan fingerprint density at radius 1 is 1.20 bits per heavy atom. The lowest BCUT2D eigenvalue weighted by molar-refractivity contribution is -0.131. The fourth-order valence-electron chi connectivity index (χ4n) is 3.45. The number of carboxylic acids is 1. The highest BCUT2D eigenvalue weighted by Gasteiger charge is 2.21. The lowest BCUT2D eigenvalue weighted by Gasteiger charge is -2.25. The van der Waals surface area contributed by atoms with Gasteiger partial charge in [-0.3, -0.25) is 0 Å². The fraction of sp³-hybridized carbons (Fsp3) is 0.471. The van der Waals surface area contributed by atoms with E-state index in [1.165, 1.54) is 30.0 Å². The predicted molar refractivity (Wildman–Crippen MR) is 79.7 cm³/mol. The largest absolute Gasteiger partial charge is 0.478 e. The molecule has 3 rings (SSSR count). The van der Waals surface area contributed by atoms with E-state index in [2.05, 4.69) is 23.5 Å². The van der Waals surface area contributed by atoms with Crippen molar-refractivity contribution in [1.29, 1.82) is 0 Å². The van der Waals surface area contributed by atoms with Gasteiger partial charge in [0.05, 0.1) is 0 Å². The van der Waals surface area contributed by atoms with Crippen molar-refractivity contribution in [2.24, 2.45) is 5.92 Å². The van der Waals surface area contributed by atoms with Gasteiger partial charge in [0.2, 0.25) is 0 Å². The summed E-state index contributed by atoms with van der Waals surface area (Å²) in [6.45, 7) is 1.96. The van der Waals surface area contributed by atoms with Gasteiger partial charge in [0, 0.05) is 6.08 Å². The zero-order valence-electron chi connectivity index (χ0n) is 11.7. The number of carbonyl (C=O) groups is 1. The number of hydrogen-bond acceptors (Lipinski definition) is 2. The first-order valence-electron chi connectivity index (χ1n) is 7.51. The first kappa shape index (κ1) is 13.4. The molecule has 0 aromatic heterocycles. The van der Waals surface area contributed by atoms with Crippen LogP contribution in [0.15, 0.2) is 24.3 Å². The Balaban J connectivity index is 1.94. The smallest absolute Gasteiger partial charge is 0.328 e. The highest BCUT2D eigenvalue weighted by atomic mass is 16.4. The second kappa shape index (κ2) is 5.80. The number of aryl methyl sites for hydroxylation is 2. The Kier molecular flexibility index (Phi) is 3.88. The number of carboxylic acid groups (broad SMARTS) is 1. The molecule has 1 fully saturated rings. The predicted octanol–water partition coefficient (Wildman–Crippen LogP) is 2.64. The van der Waals surface area contributed by atoms with E-state index in [4.69, 9.17) is 0 Å². The Labute approximate surface area is 119 Å². The number of allylic oxidation sites excluding steroid dienone is 1. The van der Waals surface area contributed by atoms with Crippen LogP contribution in [0.1, 0.15) is 36.0 Å². The molecule has 0 amide bonds. The van der Waals surface area contributed by atoms with Crippen LogP contribution in [-0.4, -0.2) is 24.2 Å². The van der Waals surface area contributed by atoms with Gasteiger partial charge in [0.25, 0.3) is 0 Å².